The summed E-state index contributed by atoms with van der Waals surface area (Å²) in [5.74, 6) is 0. The molecule has 0 aliphatic carbocycles. The third-order valence-electron chi connectivity index (χ3n) is 10.5. The largest absolute Gasteiger partial charge is 0.309 e. The quantitative estimate of drug-likeness (QED) is 0.196. The van der Waals surface area contributed by atoms with E-state index in [2.05, 4.69) is 192 Å². The van der Waals surface area contributed by atoms with E-state index in [0.29, 0.717) is 0 Å². The van der Waals surface area contributed by atoms with Crippen LogP contribution < -0.4 is 9.80 Å². The Morgan fingerprint density at radius 1 is 0.396 bits per heavy atom. The van der Waals surface area contributed by atoms with Crippen molar-refractivity contribution in [1.82, 2.24) is 4.57 Å². The van der Waals surface area contributed by atoms with Gasteiger partial charge >= 0.3 is 0 Å². The predicted molar refractivity (Wildman–Crippen MR) is 201 cm³/mol. The van der Waals surface area contributed by atoms with Gasteiger partial charge in [-0.1, -0.05) is 117 Å². The van der Waals surface area contributed by atoms with E-state index in [1.54, 1.807) is 0 Å². The first-order valence-electron chi connectivity index (χ1n) is 16.7. The zero-order valence-electron chi connectivity index (χ0n) is 26.9. The summed E-state index contributed by atoms with van der Waals surface area (Å²) in [6.07, 6.45) is 0. The average Bonchev–Trinajstić information content (AvgIpc) is 3.48. The molecule has 0 amide bonds. The molecule has 0 bridgehead atoms. The number of rotatable bonds is 3. The molecule has 0 saturated heterocycles. The maximum absolute atomic E-state index is 2.51. The summed E-state index contributed by atoms with van der Waals surface area (Å²) in [4.78, 5) is 4.97. The van der Waals surface area contributed by atoms with Crippen LogP contribution in [-0.2, 0) is 5.41 Å². The zero-order valence-corrected chi connectivity index (χ0v) is 26.9. The van der Waals surface area contributed by atoms with Crippen molar-refractivity contribution in [3.05, 3.63) is 175 Å². The highest BCUT2D eigenvalue weighted by atomic mass is 15.3. The first-order valence-corrected chi connectivity index (χ1v) is 16.7. The standard InChI is InChI=1S/C45H33N3/c1-45(2)36-17-8-11-21-40(36)48-43-29-31(30-13-4-3-5-14-30)23-28-41(43)47(42-22-12-18-37(45)44(42)48)33-26-24-32(25-27-33)46-38-19-9-6-15-34(38)35-16-7-10-20-39(35)46/h3-29H,1-2H3. The van der Waals surface area contributed by atoms with Gasteiger partial charge in [-0.15, -0.1) is 0 Å². The molecule has 0 spiro atoms. The number of hydrogen-bond acceptors (Lipinski definition) is 2. The molecule has 0 radical (unpaired) electrons. The summed E-state index contributed by atoms with van der Waals surface area (Å²) in [6.45, 7) is 4.72. The fourth-order valence-corrected chi connectivity index (χ4v) is 8.23. The maximum Gasteiger partial charge on any atom is 0.0744 e. The molecule has 228 valence electrons. The van der Waals surface area contributed by atoms with Crippen LogP contribution in [0, 0.1) is 0 Å². The van der Waals surface area contributed by atoms with E-state index in [1.807, 2.05) is 0 Å². The number of nitrogens with zero attached hydrogens (tertiary/aromatic N) is 3. The molecule has 0 saturated carbocycles. The molecule has 3 heteroatoms. The molecule has 3 nitrogen and oxygen atoms in total. The predicted octanol–water partition coefficient (Wildman–Crippen LogP) is 12.3. The molecule has 3 heterocycles. The van der Waals surface area contributed by atoms with Crippen molar-refractivity contribution in [2.75, 3.05) is 9.80 Å². The third-order valence-corrected chi connectivity index (χ3v) is 10.5. The van der Waals surface area contributed by atoms with E-state index < -0.39 is 0 Å². The summed E-state index contributed by atoms with van der Waals surface area (Å²) in [7, 11) is 0. The fraction of sp³-hybridized carbons (Fsp3) is 0.0667. The van der Waals surface area contributed by atoms with Crippen LogP contribution in [0.4, 0.5) is 34.1 Å². The van der Waals surface area contributed by atoms with Gasteiger partial charge in [0.1, 0.15) is 0 Å². The Morgan fingerprint density at radius 3 is 1.75 bits per heavy atom. The SMILES string of the molecule is CC1(C)c2ccccc2N2c3cc(-c4ccccc4)ccc3N(c3ccc(-n4c5ccccc5c5ccccc54)cc3)c3cccc1c32. The third kappa shape index (κ3) is 3.70. The molecule has 48 heavy (non-hydrogen) atoms. The molecule has 0 N–H and O–H groups in total. The summed E-state index contributed by atoms with van der Waals surface area (Å²) >= 11 is 0. The Hall–Kier alpha value is -6.06. The first-order chi connectivity index (χ1) is 23.6. The van der Waals surface area contributed by atoms with Gasteiger partial charge in [-0.2, -0.15) is 0 Å². The summed E-state index contributed by atoms with van der Waals surface area (Å²) < 4.78 is 2.39. The Labute approximate surface area is 280 Å². The van der Waals surface area contributed by atoms with E-state index in [1.165, 1.54) is 72.5 Å². The zero-order chi connectivity index (χ0) is 32.0. The molecular formula is C45H33N3. The molecule has 10 rings (SSSR count). The molecular weight excluding hydrogens is 583 g/mol. The molecule has 8 aromatic rings. The minimum Gasteiger partial charge on any atom is -0.309 e. The van der Waals surface area contributed by atoms with Gasteiger partial charge in [0.2, 0.25) is 0 Å². The molecule has 0 atom stereocenters. The van der Waals surface area contributed by atoms with Crippen LogP contribution in [0.1, 0.15) is 25.0 Å². The molecule has 0 fully saturated rings. The number of fused-ring (bicyclic) bond motifs is 7. The lowest BCUT2D eigenvalue weighted by Crippen LogP contribution is -2.34. The smallest absolute Gasteiger partial charge is 0.0744 e. The first kappa shape index (κ1) is 27.1. The fourth-order valence-electron chi connectivity index (χ4n) is 8.23. The Balaban J connectivity index is 1.20. The van der Waals surface area contributed by atoms with Gasteiger partial charge < -0.3 is 14.4 Å². The van der Waals surface area contributed by atoms with E-state index in [-0.39, 0.29) is 5.41 Å². The number of anilines is 6. The van der Waals surface area contributed by atoms with Crippen LogP contribution in [0.25, 0.3) is 38.6 Å². The number of hydrogen-bond donors (Lipinski definition) is 0. The lowest BCUT2D eigenvalue weighted by atomic mass is 9.72. The van der Waals surface area contributed by atoms with Crippen LogP contribution in [0.5, 0.6) is 0 Å². The van der Waals surface area contributed by atoms with Gasteiger partial charge in [-0.05, 0) is 82.9 Å². The number of benzene rings is 7. The minimum atomic E-state index is -0.154. The van der Waals surface area contributed by atoms with Gasteiger partial charge in [0, 0.05) is 27.6 Å². The second kappa shape index (κ2) is 9.97. The van der Waals surface area contributed by atoms with Crippen molar-refractivity contribution in [3.63, 3.8) is 0 Å². The van der Waals surface area contributed by atoms with Gasteiger partial charge in [0.05, 0.1) is 39.5 Å². The average molecular weight is 616 g/mol. The van der Waals surface area contributed by atoms with Crippen molar-refractivity contribution in [3.8, 4) is 16.8 Å². The van der Waals surface area contributed by atoms with Crippen LogP contribution in [0.2, 0.25) is 0 Å². The molecule has 7 aromatic carbocycles. The van der Waals surface area contributed by atoms with Crippen molar-refractivity contribution in [2.24, 2.45) is 0 Å². The normalized spacial score (nSPS) is 14.1. The van der Waals surface area contributed by atoms with Crippen molar-refractivity contribution in [2.45, 2.75) is 19.3 Å². The van der Waals surface area contributed by atoms with Crippen LogP contribution in [0.15, 0.2) is 164 Å². The Kier molecular flexibility index (Phi) is 5.63. The van der Waals surface area contributed by atoms with Crippen LogP contribution in [0.3, 0.4) is 0 Å². The highest BCUT2D eigenvalue weighted by Crippen LogP contribution is 2.61. The second-order valence-corrected chi connectivity index (χ2v) is 13.4. The van der Waals surface area contributed by atoms with E-state index in [4.69, 9.17) is 0 Å². The second-order valence-electron chi connectivity index (χ2n) is 13.4. The van der Waals surface area contributed by atoms with Gasteiger partial charge in [0.15, 0.2) is 0 Å². The lowest BCUT2D eigenvalue weighted by molar-refractivity contribution is 0.631. The van der Waals surface area contributed by atoms with Crippen molar-refractivity contribution < 1.29 is 0 Å². The van der Waals surface area contributed by atoms with Crippen molar-refractivity contribution >= 4 is 55.9 Å². The number of aromatic nitrogens is 1. The lowest BCUT2D eigenvalue weighted by Gasteiger charge is -2.48. The van der Waals surface area contributed by atoms with E-state index in [9.17, 15) is 0 Å². The molecule has 0 unspecified atom stereocenters. The van der Waals surface area contributed by atoms with E-state index in [0.717, 1.165) is 11.4 Å². The highest BCUT2D eigenvalue weighted by Gasteiger charge is 2.42. The van der Waals surface area contributed by atoms with Crippen LogP contribution >= 0.6 is 0 Å². The summed E-state index contributed by atoms with van der Waals surface area (Å²) in [6, 6.07) is 59.9. The van der Waals surface area contributed by atoms with Crippen LogP contribution in [-0.4, -0.2) is 4.57 Å². The van der Waals surface area contributed by atoms with Gasteiger partial charge in [0.25, 0.3) is 0 Å². The topological polar surface area (TPSA) is 11.4 Å². The van der Waals surface area contributed by atoms with Crippen molar-refractivity contribution in [1.29, 1.82) is 0 Å². The molecule has 1 aromatic heterocycles. The number of para-hydroxylation sites is 4. The maximum atomic E-state index is 2.51. The monoisotopic (exact) mass is 615 g/mol. The highest BCUT2D eigenvalue weighted by molar-refractivity contribution is 6.09. The summed E-state index contributed by atoms with van der Waals surface area (Å²) in [5.41, 5.74) is 15.7. The van der Waals surface area contributed by atoms with Gasteiger partial charge in [-0.25, -0.2) is 0 Å². The Bertz CT molecular complexity index is 2490. The van der Waals surface area contributed by atoms with E-state index >= 15 is 0 Å². The molecule has 2 aliphatic rings. The minimum absolute atomic E-state index is 0.154. The molecule has 2 aliphatic heterocycles. The summed E-state index contributed by atoms with van der Waals surface area (Å²) in [5, 5.41) is 2.55. The Morgan fingerprint density at radius 2 is 1.00 bits per heavy atom. The van der Waals surface area contributed by atoms with Gasteiger partial charge in [-0.3, -0.25) is 0 Å².